The van der Waals surface area contributed by atoms with Crippen LogP contribution in [0.2, 0.25) is 0 Å². The van der Waals surface area contributed by atoms with E-state index in [0.29, 0.717) is 6.42 Å². The number of nitrogens with one attached hydrogen (secondary N) is 2. The molecule has 1 aromatic rings. The zero-order chi connectivity index (χ0) is 24.6. The maximum atomic E-state index is 13.9. The molecule has 180 valence electrons. The molecule has 0 fully saturated rings. The number of benzene rings is 1. The van der Waals surface area contributed by atoms with Crippen LogP contribution in [-0.2, 0) is 14.3 Å². The van der Waals surface area contributed by atoms with Gasteiger partial charge in [0.1, 0.15) is 17.7 Å². The summed E-state index contributed by atoms with van der Waals surface area (Å²) in [4.78, 5) is 41.3. The standard InChI is InChI=1S/C25H41N3O4/c1-10-18(6)28(21(22(29)26-17(4)5)19-14-12-11-13-15-19)23(30)20(16(2)3)27-24(31)32-25(7,8)9/h11-18,20-21H,10H2,1-9H3,(H,26,29)(H,27,31). The predicted octanol–water partition coefficient (Wildman–Crippen LogP) is 4.43. The Hall–Kier alpha value is -2.57. The second-order valence-electron chi connectivity index (χ2n) is 9.85. The molecular weight excluding hydrogens is 406 g/mol. The third-order valence-electron chi connectivity index (χ3n) is 5.00. The van der Waals surface area contributed by atoms with Crippen molar-refractivity contribution in [2.24, 2.45) is 5.92 Å². The molecule has 0 spiro atoms. The van der Waals surface area contributed by atoms with Gasteiger partial charge < -0.3 is 20.3 Å². The summed E-state index contributed by atoms with van der Waals surface area (Å²) in [7, 11) is 0. The second kappa shape index (κ2) is 11.9. The number of hydrogen-bond donors (Lipinski definition) is 2. The highest BCUT2D eigenvalue weighted by atomic mass is 16.6. The van der Waals surface area contributed by atoms with Crippen LogP contribution < -0.4 is 10.6 Å². The number of hydrogen-bond acceptors (Lipinski definition) is 4. The lowest BCUT2D eigenvalue weighted by molar-refractivity contribution is -0.146. The van der Waals surface area contributed by atoms with Gasteiger partial charge in [-0.2, -0.15) is 0 Å². The maximum absolute atomic E-state index is 13.9. The van der Waals surface area contributed by atoms with Crippen molar-refractivity contribution in [2.45, 2.75) is 98.5 Å². The van der Waals surface area contributed by atoms with E-state index in [0.717, 1.165) is 5.56 Å². The quantitative estimate of drug-likeness (QED) is 0.586. The Labute approximate surface area is 193 Å². The number of rotatable bonds is 9. The molecule has 7 heteroatoms. The van der Waals surface area contributed by atoms with Gasteiger partial charge in [0, 0.05) is 12.1 Å². The molecule has 0 aromatic heterocycles. The summed E-state index contributed by atoms with van der Waals surface area (Å²) in [5.74, 6) is -0.765. The average Bonchev–Trinajstić information content (AvgIpc) is 2.67. The minimum atomic E-state index is -0.836. The van der Waals surface area contributed by atoms with Crippen molar-refractivity contribution in [1.29, 1.82) is 0 Å². The summed E-state index contributed by atoms with van der Waals surface area (Å²) in [5, 5.41) is 5.68. The first-order chi connectivity index (χ1) is 14.8. The van der Waals surface area contributed by atoms with Crippen LogP contribution in [0.25, 0.3) is 0 Å². The van der Waals surface area contributed by atoms with Gasteiger partial charge in [-0.15, -0.1) is 0 Å². The Morgan fingerprint density at radius 2 is 1.53 bits per heavy atom. The molecule has 0 aliphatic rings. The van der Waals surface area contributed by atoms with Gasteiger partial charge in [0.15, 0.2) is 0 Å². The number of carbonyl (C=O) groups is 3. The highest BCUT2D eigenvalue weighted by molar-refractivity contribution is 5.92. The van der Waals surface area contributed by atoms with Crippen LogP contribution in [0.4, 0.5) is 4.79 Å². The topological polar surface area (TPSA) is 87.7 Å². The van der Waals surface area contributed by atoms with E-state index in [9.17, 15) is 14.4 Å². The van der Waals surface area contributed by atoms with E-state index in [1.165, 1.54) is 0 Å². The summed E-state index contributed by atoms with van der Waals surface area (Å²) >= 11 is 0. The van der Waals surface area contributed by atoms with Crippen LogP contribution in [-0.4, -0.2) is 46.5 Å². The van der Waals surface area contributed by atoms with E-state index >= 15 is 0 Å². The van der Waals surface area contributed by atoms with Crippen molar-refractivity contribution in [3.05, 3.63) is 35.9 Å². The molecule has 3 unspecified atom stereocenters. The van der Waals surface area contributed by atoms with Crippen molar-refractivity contribution in [2.75, 3.05) is 0 Å². The smallest absolute Gasteiger partial charge is 0.408 e. The fourth-order valence-electron chi connectivity index (χ4n) is 3.34. The maximum Gasteiger partial charge on any atom is 0.408 e. The van der Waals surface area contributed by atoms with Gasteiger partial charge in [-0.1, -0.05) is 51.1 Å². The van der Waals surface area contributed by atoms with Crippen molar-refractivity contribution in [3.63, 3.8) is 0 Å². The molecular formula is C25H41N3O4. The van der Waals surface area contributed by atoms with E-state index in [-0.39, 0.29) is 29.8 Å². The summed E-state index contributed by atoms with van der Waals surface area (Å²) in [6, 6.07) is 7.30. The van der Waals surface area contributed by atoms with E-state index in [2.05, 4.69) is 10.6 Å². The van der Waals surface area contributed by atoms with Gasteiger partial charge in [-0.25, -0.2) is 4.79 Å². The minimum Gasteiger partial charge on any atom is -0.444 e. The second-order valence-corrected chi connectivity index (χ2v) is 9.85. The Morgan fingerprint density at radius 3 is 1.97 bits per heavy atom. The lowest BCUT2D eigenvalue weighted by atomic mass is 9.96. The molecule has 0 bridgehead atoms. The van der Waals surface area contributed by atoms with Crippen molar-refractivity contribution < 1.29 is 19.1 Å². The first kappa shape index (κ1) is 27.5. The molecule has 0 radical (unpaired) electrons. The van der Waals surface area contributed by atoms with Crippen molar-refractivity contribution in [3.8, 4) is 0 Å². The molecule has 2 N–H and O–H groups in total. The molecule has 0 saturated carbocycles. The van der Waals surface area contributed by atoms with Gasteiger partial charge in [-0.3, -0.25) is 9.59 Å². The average molecular weight is 448 g/mol. The van der Waals surface area contributed by atoms with Crippen LogP contribution in [0.15, 0.2) is 30.3 Å². The molecule has 7 nitrogen and oxygen atoms in total. The monoisotopic (exact) mass is 447 g/mol. The third kappa shape index (κ3) is 8.17. The number of ether oxygens (including phenoxy) is 1. The number of carbonyl (C=O) groups excluding carboxylic acids is 3. The van der Waals surface area contributed by atoms with Crippen LogP contribution in [0, 0.1) is 5.92 Å². The number of nitrogens with zero attached hydrogens (tertiary/aromatic N) is 1. The first-order valence-corrected chi connectivity index (χ1v) is 11.5. The van der Waals surface area contributed by atoms with E-state index in [4.69, 9.17) is 4.74 Å². The Morgan fingerprint density at radius 1 is 0.969 bits per heavy atom. The van der Waals surface area contributed by atoms with Gasteiger partial charge in [0.2, 0.25) is 11.8 Å². The SMILES string of the molecule is CCC(C)N(C(=O)C(NC(=O)OC(C)(C)C)C(C)C)C(C(=O)NC(C)C)c1ccccc1. The molecule has 0 aliphatic carbocycles. The summed E-state index contributed by atoms with van der Waals surface area (Å²) in [6.45, 7) is 16.7. The lowest BCUT2D eigenvalue weighted by Crippen LogP contribution is -2.57. The van der Waals surface area contributed by atoms with E-state index < -0.39 is 23.8 Å². The molecule has 1 rings (SSSR count). The summed E-state index contributed by atoms with van der Waals surface area (Å²) < 4.78 is 5.38. The molecule has 0 heterocycles. The zero-order valence-corrected chi connectivity index (χ0v) is 21.1. The third-order valence-corrected chi connectivity index (χ3v) is 5.00. The molecule has 3 amide bonds. The van der Waals surface area contributed by atoms with Crippen LogP contribution in [0.1, 0.15) is 80.3 Å². The fraction of sp³-hybridized carbons (Fsp3) is 0.640. The van der Waals surface area contributed by atoms with Crippen LogP contribution >= 0.6 is 0 Å². The number of amides is 3. The van der Waals surface area contributed by atoms with Crippen molar-refractivity contribution in [1.82, 2.24) is 15.5 Å². The number of alkyl carbamates (subject to hydrolysis) is 1. The molecule has 1 aromatic carbocycles. The molecule has 3 atom stereocenters. The predicted molar refractivity (Wildman–Crippen MR) is 127 cm³/mol. The summed E-state index contributed by atoms with van der Waals surface area (Å²) in [5.41, 5.74) is 0.0356. The highest BCUT2D eigenvalue weighted by Gasteiger charge is 2.39. The van der Waals surface area contributed by atoms with Gasteiger partial charge >= 0.3 is 6.09 Å². The molecule has 0 saturated heterocycles. The van der Waals surface area contributed by atoms with Gasteiger partial charge in [-0.05, 0) is 59.4 Å². The van der Waals surface area contributed by atoms with Gasteiger partial charge in [0.05, 0.1) is 0 Å². The van der Waals surface area contributed by atoms with E-state index in [1.54, 1.807) is 25.7 Å². The van der Waals surface area contributed by atoms with Crippen molar-refractivity contribution >= 4 is 17.9 Å². The highest BCUT2D eigenvalue weighted by Crippen LogP contribution is 2.27. The zero-order valence-electron chi connectivity index (χ0n) is 21.1. The normalized spacial score (nSPS) is 14.5. The van der Waals surface area contributed by atoms with Crippen LogP contribution in [0.3, 0.4) is 0 Å². The first-order valence-electron chi connectivity index (χ1n) is 11.5. The van der Waals surface area contributed by atoms with Crippen LogP contribution in [0.5, 0.6) is 0 Å². The largest absolute Gasteiger partial charge is 0.444 e. The lowest BCUT2D eigenvalue weighted by Gasteiger charge is -2.39. The Bertz CT molecular complexity index is 756. The molecule has 0 aliphatic heterocycles. The Balaban J connectivity index is 3.42. The van der Waals surface area contributed by atoms with Gasteiger partial charge in [0.25, 0.3) is 0 Å². The Kier molecular flexibility index (Phi) is 10.2. The minimum absolute atomic E-state index is 0.0802. The fourth-order valence-corrected chi connectivity index (χ4v) is 3.34. The molecule has 32 heavy (non-hydrogen) atoms. The summed E-state index contributed by atoms with van der Waals surface area (Å²) in [6.07, 6.45) is -0.00192. The van der Waals surface area contributed by atoms with E-state index in [1.807, 2.05) is 71.9 Å².